The van der Waals surface area contributed by atoms with Gasteiger partial charge in [-0.15, -0.1) is 0 Å². The quantitative estimate of drug-likeness (QED) is 0.759. The smallest absolute Gasteiger partial charge is 0.312 e. The molecule has 1 aliphatic rings. The maximum absolute atomic E-state index is 11.9. The van der Waals surface area contributed by atoms with Gasteiger partial charge in [-0.2, -0.15) is 0 Å². The molecule has 0 bridgehead atoms. The Morgan fingerprint density at radius 3 is 2.74 bits per heavy atom. The zero-order chi connectivity index (χ0) is 13.7. The molecule has 1 aromatic rings. The summed E-state index contributed by atoms with van der Waals surface area (Å²) in [7, 11) is 3.52. The fraction of sp³-hybridized carbons (Fsp3) is 0.533. The lowest BCUT2D eigenvalue weighted by atomic mass is 9.92. The van der Waals surface area contributed by atoms with Crippen LogP contribution in [0.5, 0.6) is 5.75 Å². The number of esters is 1. The molecule has 4 heteroatoms. The first kappa shape index (κ1) is 13.9. The van der Waals surface area contributed by atoms with Gasteiger partial charge in [-0.25, -0.2) is 0 Å². The summed E-state index contributed by atoms with van der Waals surface area (Å²) in [5.74, 6) is 0.760. The fourth-order valence-corrected chi connectivity index (χ4v) is 2.55. The van der Waals surface area contributed by atoms with Crippen molar-refractivity contribution < 1.29 is 14.3 Å². The minimum absolute atomic E-state index is 0.170. The van der Waals surface area contributed by atoms with E-state index in [1.807, 2.05) is 30.3 Å². The molecule has 0 aromatic heterocycles. The normalized spacial score (nSPS) is 21.1. The fourth-order valence-electron chi connectivity index (χ4n) is 2.55. The topological polar surface area (TPSA) is 38.8 Å². The van der Waals surface area contributed by atoms with Crippen LogP contribution in [0.15, 0.2) is 30.3 Å². The third-order valence-corrected chi connectivity index (χ3v) is 3.67. The van der Waals surface area contributed by atoms with Gasteiger partial charge >= 0.3 is 5.97 Å². The minimum atomic E-state index is -0.185. The summed E-state index contributed by atoms with van der Waals surface area (Å²) < 4.78 is 10.6. The predicted molar refractivity (Wildman–Crippen MR) is 73.0 cm³/mol. The summed E-state index contributed by atoms with van der Waals surface area (Å²) in [5.41, 5.74) is 0. The summed E-state index contributed by atoms with van der Waals surface area (Å²) in [6, 6.07) is 9.58. The van der Waals surface area contributed by atoms with Gasteiger partial charge in [-0.3, -0.25) is 4.79 Å². The number of carbonyl (C=O) groups is 1. The predicted octanol–water partition coefficient (Wildman–Crippen LogP) is 1.81. The lowest BCUT2D eigenvalue weighted by Crippen LogP contribution is -2.32. The molecule has 1 saturated heterocycles. The van der Waals surface area contributed by atoms with Gasteiger partial charge in [0, 0.05) is 6.54 Å². The number of rotatable bonds is 5. The Bertz CT molecular complexity index is 407. The van der Waals surface area contributed by atoms with E-state index in [1.54, 1.807) is 0 Å². The van der Waals surface area contributed by atoms with Crippen LogP contribution >= 0.6 is 0 Å². The van der Waals surface area contributed by atoms with Crippen LogP contribution in [-0.4, -0.2) is 44.7 Å². The van der Waals surface area contributed by atoms with Crippen LogP contribution in [-0.2, 0) is 9.53 Å². The third kappa shape index (κ3) is 3.70. The summed E-state index contributed by atoms with van der Waals surface area (Å²) >= 11 is 0. The highest BCUT2D eigenvalue weighted by molar-refractivity contribution is 5.73. The van der Waals surface area contributed by atoms with Gasteiger partial charge in [0.1, 0.15) is 12.4 Å². The number of benzene rings is 1. The molecule has 1 aromatic carbocycles. The molecule has 2 rings (SSSR count). The molecule has 0 amide bonds. The molecule has 1 heterocycles. The van der Waals surface area contributed by atoms with Crippen LogP contribution in [0.4, 0.5) is 0 Å². The van der Waals surface area contributed by atoms with Crippen molar-refractivity contribution >= 4 is 5.97 Å². The highest BCUT2D eigenvalue weighted by Gasteiger charge is 2.34. The number of carbonyl (C=O) groups excluding carboxylic acids is 1. The Balaban J connectivity index is 1.96. The second kappa shape index (κ2) is 6.57. The molecule has 1 fully saturated rings. The maximum atomic E-state index is 11.9. The van der Waals surface area contributed by atoms with E-state index in [2.05, 4.69) is 11.9 Å². The van der Waals surface area contributed by atoms with E-state index in [0.717, 1.165) is 25.3 Å². The molecule has 104 valence electrons. The van der Waals surface area contributed by atoms with Crippen LogP contribution in [0.2, 0.25) is 0 Å². The molecule has 0 N–H and O–H groups in total. The second-order valence-electron chi connectivity index (χ2n) is 5.06. The average molecular weight is 263 g/mol. The Kier molecular flexibility index (Phi) is 4.80. The summed E-state index contributed by atoms with van der Waals surface area (Å²) in [4.78, 5) is 14.1. The lowest BCUT2D eigenvalue weighted by Gasteiger charge is -2.21. The molecule has 2 unspecified atom stereocenters. The van der Waals surface area contributed by atoms with Gasteiger partial charge in [0.2, 0.25) is 0 Å². The Morgan fingerprint density at radius 1 is 1.42 bits per heavy atom. The van der Waals surface area contributed by atoms with Crippen LogP contribution in [0.1, 0.15) is 6.42 Å². The molecule has 0 spiro atoms. The number of methoxy groups -OCH3 is 1. The van der Waals surface area contributed by atoms with Gasteiger partial charge in [-0.05, 0) is 38.1 Å². The molecule has 0 saturated carbocycles. The highest BCUT2D eigenvalue weighted by atomic mass is 16.5. The average Bonchev–Trinajstić information content (AvgIpc) is 2.86. The lowest BCUT2D eigenvalue weighted by molar-refractivity contribution is -0.148. The Hall–Kier alpha value is -1.55. The molecule has 0 aliphatic carbocycles. The zero-order valence-corrected chi connectivity index (χ0v) is 11.5. The maximum Gasteiger partial charge on any atom is 0.312 e. The molecule has 1 aliphatic heterocycles. The van der Waals surface area contributed by atoms with Crippen molar-refractivity contribution in [2.45, 2.75) is 6.42 Å². The Labute approximate surface area is 114 Å². The van der Waals surface area contributed by atoms with Crippen molar-refractivity contribution in [1.29, 1.82) is 0 Å². The van der Waals surface area contributed by atoms with Crippen LogP contribution in [0, 0.1) is 11.8 Å². The minimum Gasteiger partial charge on any atom is -0.493 e. The third-order valence-electron chi connectivity index (χ3n) is 3.67. The molecule has 2 atom stereocenters. The van der Waals surface area contributed by atoms with Crippen molar-refractivity contribution in [2.24, 2.45) is 11.8 Å². The molecule has 0 radical (unpaired) electrons. The van der Waals surface area contributed by atoms with Gasteiger partial charge in [0.15, 0.2) is 0 Å². The molecule has 4 nitrogen and oxygen atoms in total. The first-order chi connectivity index (χ1) is 9.20. The Morgan fingerprint density at radius 2 is 2.16 bits per heavy atom. The number of likely N-dealkylation sites (tertiary alicyclic amines) is 1. The summed E-state index contributed by atoms with van der Waals surface area (Å²) in [6.07, 6.45) is 1.02. The van der Waals surface area contributed by atoms with Gasteiger partial charge in [0.25, 0.3) is 0 Å². The van der Waals surface area contributed by atoms with E-state index in [1.165, 1.54) is 7.11 Å². The molecule has 19 heavy (non-hydrogen) atoms. The van der Waals surface area contributed by atoms with Crippen molar-refractivity contribution in [3.63, 3.8) is 0 Å². The number of para-hydroxylation sites is 1. The van der Waals surface area contributed by atoms with Crippen molar-refractivity contribution in [3.8, 4) is 5.75 Å². The number of hydrogen-bond acceptors (Lipinski definition) is 4. The highest BCUT2D eigenvalue weighted by Crippen LogP contribution is 2.25. The van der Waals surface area contributed by atoms with E-state index in [0.29, 0.717) is 12.5 Å². The summed E-state index contributed by atoms with van der Waals surface area (Å²) in [5, 5.41) is 0. The van der Waals surface area contributed by atoms with Crippen LogP contribution < -0.4 is 4.74 Å². The van der Waals surface area contributed by atoms with E-state index in [-0.39, 0.29) is 11.9 Å². The number of ether oxygens (including phenoxy) is 2. The van der Waals surface area contributed by atoms with E-state index < -0.39 is 0 Å². The van der Waals surface area contributed by atoms with E-state index in [4.69, 9.17) is 9.47 Å². The SMILES string of the molecule is COC(=O)C(COc1ccccc1)C1CCN(C)C1. The largest absolute Gasteiger partial charge is 0.493 e. The molecular formula is C15H21NO3. The van der Waals surface area contributed by atoms with Gasteiger partial charge in [0.05, 0.1) is 13.0 Å². The van der Waals surface area contributed by atoms with E-state index in [9.17, 15) is 4.79 Å². The van der Waals surface area contributed by atoms with Crippen LogP contribution in [0.25, 0.3) is 0 Å². The van der Waals surface area contributed by atoms with Gasteiger partial charge < -0.3 is 14.4 Å². The van der Waals surface area contributed by atoms with E-state index >= 15 is 0 Å². The van der Waals surface area contributed by atoms with Crippen molar-refractivity contribution in [3.05, 3.63) is 30.3 Å². The zero-order valence-electron chi connectivity index (χ0n) is 11.5. The second-order valence-corrected chi connectivity index (χ2v) is 5.06. The van der Waals surface area contributed by atoms with Crippen molar-refractivity contribution in [1.82, 2.24) is 4.90 Å². The van der Waals surface area contributed by atoms with Crippen molar-refractivity contribution in [2.75, 3.05) is 33.9 Å². The standard InChI is InChI=1S/C15H21NO3/c1-16-9-8-12(10-16)14(15(17)18-2)11-19-13-6-4-3-5-7-13/h3-7,12,14H,8-11H2,1-2H3. The monoisotopic (exact) mass is 263 g/mol. The number of nitrogens with zero attached hydrogens (tertiary/aromatic N) is 1. The van der Waals surface area contributed by atoms with Gasteiger partial charge in [-0.1, -0.05) is 18.2 Å². The molecular weight excluding hydrogens is 242 g/mol. The first-order valence-corrected chi connectivity index (χ1v) is 6.65. The van der Waals surface area contributed by atoms with Crippen LogP contribution in [0.3, 0.4) is 0 Å². The summed E-state index contributed by atoms with van der Waals surface area (Å²) in [6.45, 7) is 2.34. The first-order valence-electron chi connectivity index (χ1n) is 6.65. The number of hydrogen-bond donors (Lipinski definition) is 0.